The highest BCUT2D eigenvalue weighted by Gasteiger charge is 2.17. The van der Waals surface area contributed by atoms with E-state index in [9.17, 15) is 13.2 Å². The maximum atomic E-state index is 12.3. The van der Waals surface area contributed by atoms with Crippen LogP contribution in [-0.2, 0) is 10.0 Å². The SMILES string of the molecule is COc1ccc(-c2ccn(-c3ccc(NC(=O)NS(=O)(=O)c4ccccc4)cc3)n2)cc1OC. The third-order valence-corrected chi connectivity index (χ3v) is 6.29. The van der Waals surface area contributed by atoms with Gasteiger partial charge < -0.3 is 14.8 Å². The molecular weight excluding hydrogens is 456 g/mol. The quantitative estimate of drug-likeness (QED) is 0.414. The molecule has 0 bridgehead atoms. The van der Waals surface area contributed by atoms with Gasteiger partial charge in [0.2, 0.25) is 0 Å². The molecule has 4 aromatic rings. The van der Waals surface area contributed by atoms with E-state index in [1.54, 1.807) is 61.4 Å². The van der Waals surface area contributed by atoms with Crippen LogP contribution in [0.3, 0.4) is 0 Å². The monoisotopic (exact) mass is 478 g/mol. The first kappa shape index (κ1) is 22.9. The third kappa shape index (κ3) is 5.02. The van der Waals surface area contributed by atoms with Crippen LogP contribution in [0.15, 0.2) is 90.0 Å². The number of sulfonamides is 1. The molecule has 2 N–H and O–H groups in total. The van der Waals surface area contributed by atoms with Crippen molar-refractivity contribution in [3.63, 3.8) is 0 Å². The molecule has 0 fully saturated rings. The molecule has 0 saturated carbocycles. The van der Waals surface area contributed by atoms with E-state index in [-0.39, 0.29) is 4.90 Å². The second kappa shape index (κ2) is 9.67. The number of methoxy groups -OCH3 is 2. The van der Waals surface area contributed by atoms with Crippen LogP contribution < -0.4 is 19.5 Å². The minimum absolute atomic E-state index is 0.00413. The number of ether oxygens (including phenoxy) is 2. The van der Waals surface area contributed by atoms with Gasteiger partial charge in [-0.3, -0.25) is 0 Å². The van der Waals surface area contributed by atoms with Gasteiger partial charge in [0.15, 0.2) is 11.5 Å². The van der Waals surface area contributed by atoms with Crippen molar-refractivity contribution < 1.29 is 22.7 Å². The summed E-state index contributed by atoms with van der Waals surface area (Å²) in [5.74, 6) is 1.24. The number of nitrogens with zero attached hydrogens (tertiary/aromatic N) is 2. The summed E-state index contributed by atoms with van der Waals surface area (Å²) in [5.41, 5.74) is 2.80. The Morgan fingerprint density at radius 2 is 1.59 bits per heavy atom. The summed E-state index contributed by atoms with van der Waals surface area (Å²) in [4.78, 5) is 12.2. The van der Waals surface area contributed by atoms with Gasteiger partial charge in [-0.05, 0) is 60.7 Å². The number of aromatic nitrogens is 2. The van der Waals surface area contributed by atoms with Crippen molar-refractivity contribution in [3.8, 4) is 28.4 Å². The minimum atomic E-state index is -3.96. The number of hydrogen-bond acceptors (Lipinski definition) is 6. The van der Waals surface area contributed by atoms with Gasteiger partial charge in [-0.1, -0.05) is 18.2 Å². The Morgan fingerprint density at radius 1 is 0.882 bits per heavy atom. The summed E-state index contributed by atoms with van der Waals surface area (Å²) in [6.07, 6.45) is 1.81. The molecule has 34 heavy (non-hydrogen) atoms. The van der Waals surface area contributed by atoms with Gasteiger partial charge in [-0.15, -0.1) is 0 Å². The maximum absolute atomic E-state index is 12.3. The summed E-state index contributed by atoms with van der Waals surface area (Å²) in [6.45, 7) is 0. The van der Waals surface area contributed by atoms with E-state index in [1.807, 2.05) is 35.2 Å². The Labute approximate surface area is 197 Å². The zero-order valence-corrected chi connectivity index (χ0v) is 19.2. The fraction of sp³-hybridized carbons (Fsp3) is 0.0833. The van der Waals surface area contributed by atoms with E-state index in [0.29, 0.717) is 17.2 Å². The number of rotatable bonds is 7. The number of nitrogens with one attached hydrogen (secondary N) is 2. The van der Waals surface area contributed by atoms with Gasteiger partial charge in [0.1, 0.15) is 0 Å². The second-order valence-electron chi connectivity index (χ2n) is 7.13. The lowest BCUT2D eigenvalue weighted by molar-refractivity contribution is 0.256. The molecule has 10 heteroatoms. The van der Waals surface area contributed by atoms with Crippen molar-refractivity contribution in [2.45, 2.75) is 4.90 Å². The van der Waals surface area contributed by atoms with Crippen molar-refractivity contribution in [2.24, 2.45) is 0 Å². The van der Waals surface area contributed by atoms with Crippen LogP contribution in [0.2, 0.25) is 0 Å². The summed E-state index contributed by atoms with van der Waals surface area (Å²) < 4.78 is 38.8. The Bertz CT molecular complexity index is 1400. The molecule has 0 aliphatic carbocycles. The number of anilines is 1. The Morgan fingerprint density at radius 3 is 2.26 bits per heavy atom. The van der Waals surface area contributed by atoms with Gasteiger partial charge in [-0.25, -0.2) is 22.6 Å². The van der Waals surface area contributed by atoms with Crippen LogP contribution >= 0.6 is 0 Å². The highest BCUT2D eigenvalue weighted by Crippen LogP contribution is 2.31. The third-order valence-electron chi connectivity index (χ3n) is 4.94. The standard InChI is InChI=1S/C24H22N4O5S/c1-32-22-13-8-17(16-23(22)33-2)21-14-15-28(26-21)19-11-9-18(10-12-19)25-24(29)27-34(30,31)20-6-4-3-5-7-20/h3-16H,1-2H3,(H2,25,27,29). The molecule has 0 unspecified atom stereocenters. The van der Waals surface area contributed by atoms with Crippen LogP contribution in [0.5, 0.6) is 11.5 Å². The molecule has 9 nitrogen and oxygen atoms in total. The zero-order chi connectivity index (χ0) is 24.1. The molecule has 2 amide bonds. The first-order chi connectivity index (χ1) is 16.4. The molecule has 0 aliphatic rings. The molecule has 1 heterocycles. The van der Waals surface area contributed by atoms with E-state index >= 15 is 0 Å². The van der Waals surface area contributed by atoms with E-state index in [2.05, 4.69) is 10.4 Å². The van der Waals surface area contributed by atoms with Crippen molar-refractivity contribution >= 4 is 21.7 Å². The fourth-order valence-corrected chi connectivity index (χ4v) is 4.18. The Hall–Kier alpha value is -4.31. The Kier molecular flexibility index (Phi) is 6.51. The summed E-state index contributed by atoms with van der Waals surface area (Å²) >= 11 is 0. The largest absolute Gasteiger partial charge is 0.493 e. The number of urea groups is 1. The van der Waals surface area contributed by atoms with Crippen LogP contribution in [0, 0.1) is 0 Å². The van der Waals surface area contributed by atoms with Crippen LogP contribution in [0.25, 0.3) is 16.9 Å². The number of benzene rings is 3. The summed E-state index contributed by atoms with van der Waals surface area (Å²) in [6, 6.07) is 21.1. The van der Waals surface area contributed by atoms with Gasteiger partial charge in [0, 0.05) is 17.4 Å². The van der Waals surface area contributed by atoms with Gasteiger partial charge in [-0.2, -0.15) is 5.10 Å². The fourth-order valence-electron chi connectivity index (χ4n) is 3.25. The van der Waals surface area contributed by atoms with Crippen LogP contribution in [0.1, 0.15) is 0 Å². The molecule has 0 spiro atoms. The van der Waals surface area contributed by atoms with Crippen molar-refractivity contribution in [2.75, 3.05) is 19.5 Å². The highest BCUT2D eigenvalue weighted by atomic mass is 32.2. The second-order valence-corrected chi connectivity index (χ2v) is 8.82. The molecule has 0 radical (unpaired) electrons. The zero-order valence-electron chi connectivity index (χ0n) is 18.4. The Balaban J connectivity index is 1.44. The topological polar surface area (TPSA) is 112 Å². The van der Waals surface area contributed by atoms with Crippen LogP contribution in [-0.4, -0.2) is 38.4 Å². The predicted octanol–water partition coefficient (Wildman–Crippen LogP) is 4.07. The predicted molar refractivity (Wildman–Crippen MR) is 128 cm³/mol. The van der Waals surface area contributed by atoms with E-state index < -0.39 is 16.1 Å². The first-order valence-corrected chi connectivity index (χ1v) is 11.7. The molecule has 4 rings (SSSR count). The lowest BCUT2D eigenvalue weighted by Gasteiger charge is -2.09. The van der Waals surface area contributed by atoms with Gasteiger partial charge in [0.05, 0.1) is 30.5 Å². The number of hydrogen-bond donors (Lipinski definition) is 2. The van der Waals surface area contributed by atoms with Gasteiger partial charge in [0.25, 0.3) is 10.0 Å². The van der Waals surface area contributed by atoms with Crippen molar-refractivity contribution in [1.82, 2.24) is 14.5 Å². The number of carbonyl (C=O) groups excluding carboxylic acids is 1. The molecule has 0 aliphatic heterocycles. The smallest absolute Gasteiger partial charge is 0.333 e. The summed E-state index contributed by atoms with van der Waals surface area (Å²) in [5, 5.41) is 7.11. The normalized spacial score (nSPS) is 11.0. The molecule has 174 valence electrons. The maximum Gasteiger partial charge on any atom is 0.333 e. The minimum Gasteiger partial charge on any atom is -0.493 e. The molecule has 1 aromatic heterocycles. The number of amides is 2. The summed E-state index contributed by atoms with van der Waals surface area (Å²) in [7, 11) is -0.800. The van der Waals surface area contributed by atoms with Crippen molar-refractivity contribution in [1.29, 1.82) is 0 Å². The molecule has 3 aromatic carbocycles. The molecular formula is C24H22N4O5S. The molecule has 0 atom stereocenters. The lowest BCUT2D eigenvalue weighted by Crippen LogP contribution is -2.34. The lowest BCUT2D eigenvalue weighted by atomic mass is 10.1. The van der Waals surface area contributed by atoms with Gasteiger partial charge >= 0.3 is 6.03 Å². The van der Waals surface area contributed by atoms with E-state index in [1.165, 1.54) is 12.1 Å². The highest BCUT2D eigenvalue weighted by molar-refractivity contribution is 7.90. The van der Waals surface area contributed by atoms with E-state index in [0.717, 1.165) is 16.9 Å². The first-order valence-electron chi connectivity index (χ1n) is 10.2. The number of carbonyl (C=O) groups is 1. The average molecular weight is 479 g/mol. The van der Waals surface area contributed by atoms with Crippen LogP contribution in [0.4, 0.5) is 10.5 Å². The van der Waals surface area contributed by atoms with Crippen molar-refractivity contribution in [3.05, 3.63) is 85.1 Å². The molecule has 0 saturated heterocycles. The average Bonchev–Trinajstić information content (AvgIpc) is 3.34. The van der Waals surface area contributed by atoms with E-state index in [4.69, 9.17) is 9.47 Å².